The average molecular weight is 307 g/mol. The molecule has 5 heteroatoms. The molecule has 0 aromatic carbocycles. The van der Waals surface area contributed by atoms with Crippen molar-refractivity contribution in [3.8, 4) is 6.07 Å². The first kappa shape index (κ1) is 17.2. The molecule has 0 bridgehead atoms. The lowest BCUT2D eigenvalue weighted by molar-refractivity contribution is -0.126. The molecule has 5 nitrogen and oxygen atoms in total. The lowest BCUT2D eigenvalue weighted by Gasteiger charge is -2.42. The molecule has 2 fully saturated rings. The van der Waals surface area contributed by atoms with Crippen LogP contribution in [0.2, 0.25) is 0 Å². The summed E-state index contributed by atoms with van der Waals surface area (Å²) in [6.45, 7) is 4.73. The van der Waals surface area contributed by atoms with E-state index in [4.69, 9.17) is 0 Å². The van der Waals surface area contributed by atoms with Crippen molar-refractivity contribution in [2.24, 2.45) is 0 Å². The molecule has 0 aromatic heterocycles. The zero-order valence-electron chi connectivity index (χ0n) is 13.9. The molecule has 0 radical (unpaired) electrons. The van der Waals surface area contributed by atoms with E-state index >= 15 is 0 Å². The van der Waals surface area contributed by atoms with Crippen LogP contribution < -0.4 is 5.32 Å². The van der Waals surface area contributed by atoms with E-state index in [2.05, 4.69) is 16.3 Å². The van der Waals surface area contributed by atoms with E-state index in [0.29, 0.717) is 0 Å². The number of nitrogens with one attached hydrogen (secondary N) is 1. The monoisotopic (exact) mass is 307 g/mol. The summed E-state index contributed by atoms with van der Waals surface area (Å²) in [5.74, 6) is -0.0837. The second kappa shape index (κ2) is 6.97. The van der Waals surface area contributed by atoms with E-state index in [-0.39, 0.29) is 18.5 Å². The predicted octanol–water partition coefficient (Wildman–Crippen LogP) is 1.95. The minimum atomic E-state index is -0.807. The fourth-order valence-electron chi connectivity index (χ4n) is 3.89. The third-order valence-corrected chi connectivity index (χ3v) is 5.08. The fourth-order valence-corrected chi connectivity index (χ4v) is 3.89. The van der Waals surface area contributed by atoms with Crippen molar-refractivity contribution in [1.29, 1.82) is 5.26 Å². The zero-order chi connectivity index (χ0) is 16.2. The van der Waals surface area contributed by atoms with Gasteiger partial charge in [-0.2, -0.15) is 5.26 Å². The molecule has 1 aliphatic heterocycles. The molecule has 1 saturated carbocycles. The van der Waals surface area contributed by atoms with Crippen molar-refractivity contribution in [1.82, 2.24) is 10.2 Å². The molecule has 2 rings (SSSR count). The van der Waals surface area contributed by atoms with Gasteiger partial charge in [0.2, 0.25) is 5.91 Å². The maximum atomic E-state index is 12.4. The number of carbonyl (C=O) groups excluding carboxylic acids is 1. The Kier molecular flexibility index (Phi) is 5.46. The average Bonchev–Trinajstić information content (AvgIpc) is 2.47. The highest BCUT2D eigenvalue weighted by atomic mass is 16.3. The minimum absolute atomic E-state index is 0.0105. The number of nitriles is 1. The van der Waals surface area contributed by atoms with Crippen LogP contribution in [0.1, 0.15) is 65.2 Å². The van der Waals surface area contributed by atoms with E-state index in [1.807, 2.05) is 13.8 Å². The summed E-state index contributed by atoms with van der Waals surface area (Å²) in [4.78, 5) is 14.5. The van der Waals surface area contributed by atoms with Gasteiger partial charge in [0.25, 0.3) is 0 Å². The van der Waals surface area contributed by atoms with E-state index < -0.39 is 11.1 Å². The number of aliphatic hydroxyl groups is 1. The Balaban J connectivity index is 1.96. The van der Waals surface area contributed by atoms with Crippen molar-refractivity contribution in [3.05, 3.63) is 0 Å². The van der Waals surface area contributed by atoms with Crippen LogP contribution in [0.25, 0.3) is 0 Å². The van der Waals surface area contributed by atoms with Crippen LogP contribution in [-0.4, -0.2) is 46.2 Å². The number of nitrogens with zero attached hydrogens (tertiary/aromatic N) is 2. The van der Waals surface area contributed by atoms with Gasteiger partial charge < -0.3 is 10.4 Å². The molecular formula is C17H29N3O2. The summed E-state index contributed by atoms with van der Waals surface area (Å²) < 4.78 is 0. The second-order valence-corrected chi connectivity index (χ2v) is 7.44. The SMILES string of the molecule is CC(C)(O)C1CCCCN1CC(=O)NC1(C#N)CCCCC1. The molecular weight excluding hydrogens is 278 g/mol. The smallest absolute Gasteiger partial charge is 0.235 e. The Hall–Kier alpha value is -1.12. The summed E-state index contributed by atoms with van der Waals surface area (Å²) in [7, 11) is 0. The lowest BCUT2D eigenvalue weighted by atomic mass is 9.83. The summed E-state index contributed by atoms with van der Waals surface area (Å²) in [5, 5.41) is 22.8. The number of hydrogen-bond acceptors (Lipinski definition) is 4. The van der Waals surface area contributed by atoms with Crippen LogP contribution in [0.15, 0.2) is 0 Å². The van der Waals surface area contributed by atoms with Crippen LogP contribution in [0.4, 0.5) is 0 Å². The number of carbonyl (C=O) groups is 1. The van der Waals surface area contributed by atoms with Crippen molar-refractivity contribution < 1.29 is 9.90 Å². The van der Waals surface area contributed by atoms with Crippen molar-refractivity contribution in [2.45, 2.75) is 82.4 Å². The predicted molar refractivity (Wildman–Crippen MR) is 85.1 cm³/mol. The van der Waals surface area contributed by atoms with E-state index in [9.17, 15) is 15.2 Å². The van der Waals surface area contributed by atoms with Crippen LogP contribution >= 0.6 is 0 Å². The molecule has 1 unspecified atom stereocenters. The van der Waals surface area contributed by atoms with Crippen LogP contribution in [-0.2, 0) is 4.79 Å². The van der Waals surface area contributed by atoms with Crippen molar-refractivity contribution in [3.63, 3.8) is 0 Å². The molecule has 1 heterocycles. The van der Waals surface area contributed by atoms with Gasteiger partial charge in [0, 0.05) is 6.04 Å². The number of rotatable bonds is 4. The number of hydrogen-bond donors (Lipinski definition) is 2. The van der Waals surface area contributed by atoms with Gasteiger partial charge in [0.1, 0.15) is 5.54 Å². The Bertz CT molecular complexity index is 430. The van der Waals surface area contributed by atoms with Gasteiger partial charge in [-0.1, -0.05) is 25.7 Å². The molecule has 0 spiro atoms. The first-order chi connectivity index (χ1) is 10.4. The summed E-state index contributed by atoms with van der Waals surface area (Å²) in [6, 6.07) is 2.34. The molecule has 1 atom stereocenters. The second-order valence-electron chi connectivity index (χ2n) is 7.44. The zero-order valence-corrected chi connectivity index (χ0v) is 13.9. The van der Waals surface area contributed by atoms with Crippen molar-refractivity contribution >= 4 is 5.91 Å². The van der Waals surface area contributed by atoms with Gasteiger partial charge >= 0.3 is 0 Å². The highest BCUT2D eigenvalue weighted by molar-refractivity contribution is 5.79. The number of piperidine rings is 1. The standard InChI is InChI=1S/C17H29N3O2/c1-16(2,22)14-8-4-7-11-20(14)12-15(21)19-17(13-18)9-5-3-6-10-17/h14,22H,3-12H2,1-2H3,(H,19,21). The Morgan fingerprint density at radius 2 is 2.00 bits per heavy atom. The molecule has 0 aromatic rings. The quantitative estimate of drug-likeness (QED) is 0.832. The Morgan fingerprint density at radius 1 is 1.32 bits per heavy atom. The lowest BCUT2D eigenvalue weighted by Crippen LogP contribution is -2.57. The van der Waals surface area contributed by atoms with Gasteiger partial charge in [-0.05, 0) is 46.1 Å². The van der Waals surface area contributed by atoms with Crippen LogP contribution in [0, 0.1) is 11.3 Å². The van der Waals surface area contributed by atoms with Gasteiger partial charge in [-0.3, -0.25) is 9.69 Å². The van der Waals surface area contributed by atoms with E-state index in [1.54, 1.807) is 0 Å². The normalized spacial score (nSPS) is 26.2. The Labute approximate surface area is 133 Å². The molecule has 2 aliphatic rings. The first-order valence-corrected chi connectivity index (χ1v) is 8.55. The number of likely N-dealkylation sites (tertiary alicyclic amines) is 1. The molecule has 1 saturated heterocycles. The van der Waals surface area contributed by atoms with Gasteiger partial charge in [-0.25, -0.2) is 0 Å². The summed E-state index contributed by atoms with van der Waals surface area (Å²) >= 11 is 0. The summed E-state index contributed by atoms with van der Waals surface area (Å²) in [6.07, 6.45) is 7.73. The molecule has 2 N–H and O–H groups in total. The van der Waals surface area contributed by atoms with E-state index in [1.165, 1.54) is 0 Å². The van der Waals surface area contributed by atoms with E-state index in [0.717, 1.165) is 57.9 Å². The maximum Gasteiger partial charge on any atom is 0.235 e. The largest absolute Gasteiger partial charge is 0.389 e. The fraction of sp³-hybridized carbons (Fsp3) is 0.882. The maximum absolute atomic E-state index is 12.4. The molecule has 1 aliphatic carbocycles. The highest BCUT2D eigenvalue weighted by Gasteiger charge is 2.37. The molecule has 124 valence electrons. The minimum Gasteiger partial charge on any atom is -0.389 e. The number of amides is 1. The third-order valence-electron chi connectivity index (χ3n) is 5.08. The summed E-state index contributed by atoms with van der Waals surface area (Å²) in [5.41, 5.74) is -1.48. The van der Waals surface area contributed by atoms with Gasteiger partial charge in [0.15, 0.2) is 0 Å². The van der Waals surface area contributed by atoms with Gasteiger partial charge in [-0.15, -0.1) is 0 Å². The first-order valence-electron chi connectivity index (χ1n) is 8.55. The van der Waals surface area contributed by atoms with Crippen LogP contribution in [0.5, 0.6) is 0 Å². The van der Waals surface area contributed by atoms with Crippen LogP contribution in [0.3, 0.4) is 0 Å². The van der Waals surface area contributed by atoms with Gasteiger partial charge in [0.05, 0.1) is 18.2 Å². The topological polar surface area (TPSA) is 76.4 Å². The molecule has 1 amide bonds. The third kappa shape index (κ3) is 4.21. The highest BCUT2D eigenvalue weighted by Crippen LogP contribution is 2.28. The Morgan fingerprint density at radius 3 is 2.59 bits per heavy atom. The molecule has 22 heavy (non-hydrogen) atoms. The van der Waals surface area contributed by atoms with Crippen molar-refractivity contribution in [2.75, 3.05) is 13.1 Å².